The van der Waals surface area contributed by atoms with E-state index in [0.717, 1.165) is 0 Å². The molecule has 0 radical (unpaired) electrons. The summed E-state index contributed by atoms with van der Waals surface area (Å²) in [5.74, 6) is 0.577. The van der Waals surface area contributed by atoms with Gasteiger partial charge in [-0.3, -0.25) is 0 Å². The van der Waals surface area contributed by atoms with Gasteiger partial charge in [-0.25, -0.2) is 4.98 Å². The van der Waals surface area contributed by atoms with Gasteiger partial charge in [0.2, 0.25) is 0 Å². The van der Waals surface area contributed by atoms with Gasteiger partial charge in [0.1, 0.15) is 0 Å². The Morgan fingerprint density at radius 2 is 1.53 bits per heavy atom. The lowest BCUT2D eigenvalue weighted by atomic mass is 10.1. The van der Waals surface area contributed by atoms with E-state index >= 15 is 0 Å². The fourth-order valence-electron chi connectivity index (χ4n) is 2.29. The van der Waals surface area contributed by atoms with Crippen LogP contribution in [0.5, 0.6) is 0 Å². The van der Waals surface area contributed by atoms with Crippen LogP contribution < -0.4 is 0 Å². The Bertz CT molecular complexity index is 317. The molecule has 0 saturated heterocycles. The van der Waals surface area contributed by atoms with Gasteiger partial charge in [0.15, 0.2) is 0 Å². The molecule has 0 N–H and O–H groups in total. The van der Waals surface area contributed by atoms with Crippen molar-refractivity contribution in [3.05, 3.63) is 16.1 Å². The van der Waals surface area contributed by atoms with Crippen molar-refractivity contribution in [2.45, 2.75) is 90.9 Å². The van der Waals surface area contributed by atoms with Gasteiger partial charge in [0.05, 0.1) is 10.7 Å². The summed E-state index contributed by atoms with van der Waals surface area (Å²) in [4.78, 5) is 4.70. The third-order valence-corrected chi connectivity index (χ3v) is 4.58. The Balaban J connectivity index is 1.95. The zero-order valence-electron chi connectivity index (χ0n) is 13.1. The minimum absolute atomic E-state index is 0.577. The fraction of sp³-hybridized carbons (Fsp3) is 0.824. The van der Waals surface area contributed by atoms with Crippen LogP contribution in [-0.4, -0.2) is 4.98 Å². The standard InChI is InChI=1S/C17H31NS/c1-4-5-6-7-8-9-10-11-12-13-17-18-16(14-19-17)15(2)3/h14-15H,4-13H2,1-3H3. The van der Waals surface area contributed by atoms with Gasteiger partial charge in [-0.05, 0) is 18.8 Å². The third-order valence-electron chi connectivity index (χ3n) is 3.66. The molecule has 0 saturated carbocycles. The Kier molecular flexibility index (Phi) is 9.15. The Labute approximate surface area is 123 Å². The van der Waals surface area contributed by atoms with Gasteiger partial charge >= 0.3 is 0 Å². The van der Waals surface area contributed by atoms with Gasteiger partial charge in [-0.15, -0.1) is 11.3 Å². The van der Waals surface area contributed by atoms with Gasteiger partial charge < -0.3 is 0 Å². The molecule has 1 aromatic heterocycles. The van der Waals surface area contributed by atoms with Crippen LogP contribution in [0.25, 0.3) is 0 Å². The Hall–Kier alpha value is -0.370. The van der Waals surface area contributed by atoms with Crippen LogP contribution in [0.15, 0.2) is 5.38 Å². The van der Waals surface area contributed by atoms with E-state index in [2.05, 4.69) is 26.2 Å². The van der Waals surface area contributed by atoms with Crippen LogP contribution in [0.1, 0.15) is 95.2 Å². The molecule has 0 aliphatic rings. The maximum atomic E-state index is 4.70. The number of thiazole rings is 1. The molecule has 0 aliphatic heterocycles. The van der Waals surface area contributed by atoms with E-state index in [1.807, 2.05) is 11.3 Å². The van der Waals surface area contributed by atoms with Crippen LogP contribution in [0, 0.1) is 0 Å². The van der Waals surface area contributed by atoms with Crippen LogP contribution in [0.3, 0.4) is 0 Å². The van der Waals surface area contributed by atoms with Gasteiger partial charge in [-0.2, -0.15) is 0 Å². The molecule has 0 aromatic carbocycles. The van der Waals surface area contributed by atoms with E-state index in [4.69, 9.17) is 4.98 Å². The van der Waals surface area contributed by atoms with Crippen molar-refractivity contribution >= 4 is 11.3 Å². The minimum Gasteiger partial charge on any atom is -0.246 e. The molecule has 0 amide bonds. The molecule has 0 unspecified atom stereocenters. The lowest BCUT2D eigenvalue weighted by Gasteiger charge is -2.01. The van der Waals surface area contributed by atoms with Gasteiger partial charge in [0, 0.05) is 5.38 Å². The zero-order chi connectivity index (χ0) is 13.9. The molecular weight excluding hydrogens is 250 g/mol. The summed E-state index contributed by atoms with van der Waals surface area (Å²) in [5.41, 5.74) is 1.27. The summed E-state index contributed by atoms with van der Waals surface area (Å²) in [6.07, 6.45) is 13.8. The number of hydrogen-bond donors (Lipinski definition) is 0. The molecule has 110 valence electrons. The molecule has 0 atom stereocenters. The van der Waals surface area contributed by atoms with Crippen molar-refractivity contribution in [3.63, 3.8) is 0 Å². The highest BCUT2D eigenvalue weighted by Gasteiger charge is 2.05. The van der Waals surface area contributed by atoms with Crippen LogP contribution in [0.4, 0.5) is 0 Å². The Morgan fingerprint density at radius 1 is 0.947 bits per heavy atom. The number of aromatic nitrogens is 1. The molecule has 19 heavy (non-hydrogen) atoms. The molecule has 1 aromatic rings. The predicted molar refractivity (Wildman–Crippen MR) is 87.1 cm³/mol. The van der Waals surface area contributed by atoms with Crippen molar-refractivity contribution in [3.8, 4) is 0 Å². The molecule has 0 spiro atoms. The van der Waals surface area contributed by atoms with E-state index < -0.39 is 0 Å². The monoisotopic (exact) mass is 281 g/mol. The zero-order valence-corrected chi connectivity index (χ0v) is 13.9. The van der Waals surface area contributed by atoms with E-state index in [9.17, 15) is 0 Å². The smallest absolute Gasteiger partial charge is 0.0928 e. The third kappa shape index (κ3) is 7.71. The Morgan fingerprint density at radius 3 is 2.05 bits per heavy atom. The fourth-order valence-corrected chi connectivity index (χ4v) is 3.29. The van der Waals surface area contributed by atoms with E-state index in [0.29, 0.717) is 5.92 Å². The van der Waals surface area contributed by atoms with E-state index in [1.165, 1.54) is 74.9 Å². The lowest BCUT2D eigenvalue weighted by Crippen LogP contribution is -1.90. The van der Waals surface area contributed by atoms with Crippen molar-refractivity contribution < 1.29 is 0 Å². The first kappa shape index (κ1) is 16.7. The second kappa shape index (κ2) is 10.4. The van der Waals surface area contributed by atoms with Gasteiger partial charge in [-0.1, -0.05) is 72.1 Å². The summed E-state index contributed by atoms with van der Waals surface area (Å²) >= 11 is 1.84. The molecule has 0 aliphatic carbocycles. The normalized spacial score (nSPS) is 11.4. The number of rotatable bonds is 11. The summed E-state index contributed by atoms with van der Waals surface area (Å²) < 4.78 is 0. The summed E-state index contributed by atoms with van der Waals surface area (Å²) in [6, 6.07) is 0. The molecular formula is C17H31NS. The van der Waals surface area contributed by atoms with Crippen molar-refractivity contribution in [2.24, 2.45) is 0 Å². The summed E-state index contributed by atoms with van der Waals surface area (Å²) in [5, 5.41) is 3.57. The van der Waals surface area contributed by atoms with E-state index in [1.54, 1.807) is 0 Å². The molecule has 0 fully saturated rings. The average Bonchev–Trinajstić information content (AvgIpc) is 2.86. The van der Waals surface area contributed by atoms with E-state index in [-0.39, 0.29) is 0 Å². The average molecular weight is 282 g/mol. The highest BCUT2D eigenvalue weighted by Crippen LogP contribution is 2.19. The second-order valence-electron chi connectivity index (χ2n) is 5.90. The topological polar surface area (TPSA) is 12.9 Å². The number of unbranched alkanes of at least 4 members (excludes halogenated alkanes) is 8. The van der Waals surface area contributed by atoms with Crippen LogP contribution in [0.2, 0.25) is 0 Å². The molecule has 0 bridgehead atoms. The van der Waals surface area contributed by atoms with Crippen molar-refractivity contribution in [2.75, 3.05) is 0 Å². The summed E-state index contributed by atoms with van der Waals surface area (Å²) in [6.45, 7) is 6.72. The molecule has 2 heteroatoms. The highest BCUT2D eigenvalue weighted by molar-refractivity contribution is 7.09. The minimum atomic E-state index is 0.577. The number of aryl methyl sites for hydroxylation is 1. The van der Waals surface area contributed by atoms with Crippen LogP contribution >= 0.6 is 11.3 Å². The second-order valence-corrected chi connectivity index (χ2v) is 6.84. The van der Waals surface area contributed by atoms with Crippen molar-refractivity contribution in [1.82, 2.24) is 4.98 Å². The number of hydrogen-bond acceptors (Lipinski definition) is 2. The van der Waals surface area contributed by atoms with Crippen molar-refractivity contribution in [1.29, 1.82) is 0 Å². The largest absolute Gasteiger partial charge is 0.246 e. The number of nitrogens with zero attached hydrogens (tertiary/aromatic N) is 1. The predicted octanol–water partition coefficient (Wildman–Crippen LogP) is 6.34. The first-order valence-electron chi connectivity index (χ1n) is 8.18. The maximum absolute atomic E-state index is 4.70. The first-order chi connectivity index (χ1) is 9.24. The highest BCUT2D eigenvalue weighted by atomic mass is 32.1. The summed E-state index contributed by atoms with van der Waals surface area (Å²) in [7, 11) is 0. The quantitative estimate of drug-likeness (QED) is 0.431. The molecule has 1 heterocycles. The SMILES string of the molecule is CCCCCCCCCCCc1nc(C(C)C)cs1. The lowest BCUT2D eigenvalue weighted by molar-refractivity contribution is 0.564. The molecule has 1 nitrogen and oxygen atoms in total. The van der Waals surface area contributed by atoms with Gasteiger partial charge in [0.25, 0.3) is 0 Å². The molecule has 1 rings (SSSR count). The van der Waals surface area contributed by atoms with Crippen LogP contribution in [-0.2, 0) is 6.42 Å². The first-order valence-corrected chi connectivity index (χ1v) is 9.06. The maximum Gasteiger partial charge on any atom is 0.0928 e.